The minimum Gasteiger partial charge on any atom is -0.354 e. The molecule has 1 aromatic rings. The molecule has 5 rings (SSSR count). The van der Waals surface area contributed by atoms with E-state index in [-0.39, 0.29) is 11.3 Å². The number of rotatable bonds is 4. The van der Waals surface area contributed by atoms with Crippen LogP contribution in [-0.4, -0.2) is 30.8 Å². The second kappa shape index (κ2) is 5.87. The van der Waals surface area contributed by atoms with E-state index in [0.717, 1.165) is 41.9 Å². The van der Waals surface area contributed by atoms with Crippen LogP contribution in [0.2, 0.25) is 0 Å². The molecular weight excluding hydrogens is 320 g/mol. The molecule has 0 unspecified atom stereocenters. The Balaban J connectivity index is 1.46. The Labute approximate surface area is 147 Å². The summed E-state index contributed by atoms with van der Waals surface area (Å²) >= 11 is 1.48. The van der Waals surface area contributed by atoms with Gasteiger partial charge < -0.3 is 10.2 Å². The van der Waals surface area contributed by atoms with Crippen LogP contribution in [0.3, 0.4) is 0 Å². The zero-order chi connectivity index (χ0) is 16.9. The van der Waals surface area contributed by atoms with E-state index in [4.69, 9.17) is 0 Å². The van der Waals surface area contributed by atoms with E-state index in [1.165, 1.54) is 30.6 Å². The lowest BCUT2D eigenvalue weighted by molar-refractivity contribution is -0.156. The quantitative estimate of drug-likeness (QED) is 0.909. The van der Waals surface area contributed by atoms with E-state index in [9.17, 15) is 9.59 Å². The molecule has 0 saturated heterocycles. The van der Waals surface area contributed by atoms with Crippen LogP contribution in [0.15, 0.2) is 12.1 Å². The zero-order valence-electron chi connectivity index (χ0n) is 14.5. The van der Waals surface area contributed by atoms with Crippen molar-refractivity contribution in [3.05, 3.63) is 21.9 Å². The average Bonchev–Trinajstić information content (AvgIpc) is 3.00. The predicted molar refractivity (Wildman–Crippen MR) is 94.8 cm³/mol. The molecule has 4 aliphatic rings. The second-order valence-electron chi connectivity index (χ2n) is 8.20. The van der Waals surface area contributed by atoms with Crippen molar-refractivity contribution in [3.63, 3.8) is 0 Å². The van der Waals surface area contributed by atoms with E-state index < -0.39 is 0 Å². The summed E-state index contributed by atoms with van der Waals surface area (Å²) in [4.78, 5) is 28.6. The van der Waals surface area contributed by atoms with Gasteiger partial charge in [0.05, 0.1) is 16.8 Å². The number of amides is 2. The van der Waals surface area contributed by atoms with E-state index in [2.05, 4.69) is 5.32 Å². The molecule has 130 valence electrons. The van der Waals surface area contributed by atoms with Crippen molar-refractivity contribution in [1.82, 2.24) is 10.2 Å². The largest absolute Gasteiger partial charge is 0.354 e. The molecule has 4 aliphatic carbocycles. The number of hydrogen-bond acceptors (Lipinski definition) is 3. The van der Waals surface area contributed by atoms with Gasteiger partial charge in [0.15, 0.2) is 0 Å². The Morgan fingerprint density at radius 3 is 2.29 bits per heavy atom. The van der Waals surface area contributed by atoms with Gasteiger partial charge >= 0.3 is 0 Å². The summed E-state index contributed by atoms with van der Waals surface area (Å²) in [7, 11) is 3.57. The molecule has 1 aromatic heterocycles. The Morgan fingerprint density at radius 1 is 1.17 bits per heavy atom. The van der Waals surface area contributed by atoms with E-state index in [1.54, 1.807) is 7.05 Å². The van der Waals surface area contributed by atoms with Crippen LogP contribution in [0.1, 0.15) is 53.1 Å². The molecule has 5 heteroatoms. The highest BCUT2D eigenvalue weighted by molar-refractivity contribution is 7.14. The fourth-order valence-corrected chi connectivity index (χ4v) is 6.80. The second-order valence-corrected chi connectivity index (χ2v) is 9.37. The fraction of sp³-hybridized carbons (Fsp3) is 0.684. The maximum Gasteiger partial charge on any atom is 0.261 e. The topological polar surface area (TPSA) is 49.4 Å². The number of carbonyl (C=O) groups excluding carboxylic acids is 2. The fourth-order valence-electron chi connectivity index (χ4n) is 5.79. The normalized spacial score (nSPS) is 33.5. The van der Waals surface area contributed by atoms with E-state index in [0.29, 0.717) is 17.3 Å². The summed E-state index contributed by atoms with van der Waals surface area (Å²) in [5.41, 5.74) is -0.0790. The summed E-state index contributed by atoms with van der Waals surface area (Å²) in [5.74, 6) is 2.65. The Bertz CT molecular complexity index is 631. The summed E-state index contributed by atoms with van der Waals surface area (Å²) in [6.45, 7) is 0.613. The molecule has 4 saturated carbocycles. The van der Waals surface area contributed by atoms with Gasteiger partial charge in [0.2, 0.25) is 5.91 Å². The van der Waals surface area contributed by atoms with Crippen LogP contribution in [0, 0.1) is 23.2 Å². The van der Waals surface area contributed by atoms with Crippen molar-refractivity contribution < 1.29 is 9.59 Å². The molecule has 0 aromatic carbocycles. The Hall–Kier alpha value is -1.36. The van der Waals surface area contributed by atoms with Crippen LogP contribution in [-0.2, 0) is 11.3 Å². The molecule has 24 heavy (non-hydrogen) atoms. The number of carbonyl (C=O) groups is 2. The summed E-state index contributed by atoms with van der Waals surface area (Å²) in [6, 6.07) is 3.82. The van der Waals surface area contributed by atoms with E-state index in [1.807, 2.05) is 24.1 Å². The minimum absolute atomic E-state index is 0.0543. The molecule has 2 amide bonds. The third-order valence-electron chi connectivity index (χ3n) is 6.34. The van der Waals surface area contributed by atoms with Gasteiger partial charge in [-0.2, -0.15) is 0 Å². The summed E-state index contributed by atoms with van der Waals surface area (Å²) in [6.07, 6.45) is 7.40. The minimum atomic E-state index is -0.0790. The van der Waals surface area contributed by atoms with E-state index >= 15 is 0 Å². The lowest BCUT2D eigenvalue weighted by Gasteiger charge is -2.56. The molecule has 0 radical (unpaired) electrons. The summed E-state index contributed by atoms with van der Waals surface area (Å²) < 4.78 is 0. The number of thiophene rings is 1. The number of nitrogens with zero attached hydrogens (tertiary/aromatic N) is 1. The van der Waals surface area contributed by atoms with Crippen molar-refractivity contribution in [2.45, 2.75) is 45.1 Å². The van der Waals surface area contributed by atoms with Gasteiger partial charge in [-0.3, -0.25) is 9.59 Å². The maximum atomic E-state index is 13.2. The Morgan fingerprint density at radius 2 is 1.75 bits per heavy atom. The monoisotopic (exact) mass is 346 g/mol. The smallest absolute Gasteiger partial charge is 0.261 e. The molecule has 4 fully saturated rings. The van der Waals surface area contributed by atoms with Gasteiger partial charge in [-0.05, 0) is 68.4 Å². The predicted octanol–water partition coefficient (Wildman–Crippen LogP) is 3.28. The van der Waals surface area contributed by atoms with Crippen LogP contribution in [0.5, 0.6) is 0 Å². The average molecular weight is 346 g/mol. The van der Waals surface area contributed by atoms with Gasteiger partial charge in [0.1, 0.15) is 0 Å². The lowest BCUT2D eigenvalue weighted by atomic mass is 9.49. The van der Waals surface area contributed by atoms with Crippen LogP contribution in [0.25, 0.3) is 0 Å². The van der Waals surface area contributed by atoms with Crippen molar-refractivity contribution in [3.8, 4) is 0 Å². The van der Waals surface area contributed by atoms with Gasteiger partial charge in [-0.25, -0.2) is 0 Å². The summed E-state index contributed by atoms with van der Waals surface area (Å²) in [5, 5.41) is 2.65. The highest BCUT2D eigenvalue weighted by Crippen LogP contribution is 2.60. The van der Waals surface area contributed by atoms with Gasteiger partial charge in [-0.15, -0.1) is 11.3 Å². The highest BCUT2D eigenvalue weighted by atomic mass is 32.1. The van der Waals surface area contributed by atoms with Gasteiger partial charge in [-0.1, -0.05) is 0 Å². The molecule has 4 nitrogen and oxygen atoms in total. The Kier molecular flexibility index (Phi) is 3.94. The van der Waals surface area contributed by atoms with Crippen LogP contribution >= 0.6 is 11.3 Å². The van der Waals surface area contributed by atoms with Crippen LogP contribution < -0.4 is 5.32 Å². The zero-order valence-corrected chi connectivity index (χ0v) is 15.3. The van der Waals surface area contributed by atoms with Crippen molar-refractivity contribution in [2.24, 2.45) is 23.2 Å². The van der Waals surface area contributed by atoms with Crippen molar-refractivity contribution in [1.29, 1.82) is 0 Å². The molecule has 1 heterocycles. The first-order valence-electron chi connectivity index (χ1n) is 9.05. The SMILES string of the molecule is CNC(=O)c1ccc(CN(C)C(=O)C23CC4CC(CC(C4)C2)C3)s1. The maximum absolute atomic E-state index is 13.2. The molecule has 0 spiro atoms. The van der Waals surface area contributed by atoms with Crippen LogP contribution in [0.4, 0.5) is 0 Å². The van der Waals surface area contributed by atoms with Crippen molar-refractivity contribution >= 4 is 23.2 Å². The van der Waals surface area contributed by atoms with Crippen molar-refractivity contribution in [2.75, 3.05) is 14.1 Å². The highest BCUT2D eigenvalue weighted by Gasteiger charge is 2.55. The molecule has 1 N–H and O–H groups in total. The third-order valence-corrected chi connectivity index (χ3v) is 7.41. The van der Waals surface area contributed by atoms with Gasteiger partial charge in [0, 0.05) is 19.0 Å². The molecule has 4 bridgehead atoms. The van der Waals surface area contributed by atoms with Gasteiger partial charge in [0.25, 0.3) is 5.91 Å². The first-order chi connectivity index (χ1) is 11.5. The first-order valence-corrected chi connectivity index (χ1v) is 9.87. The number of nitrogens with one attached hydrogen (secondary N) is 1. The lowest BCUT2D eigenvalue weighted by Crippen LogP contribution is -2.53. The number of hydrogen-bond donors (Lipinski definition) is 1. The third kappa shape index (κ3) is 2.67. The molecule has 0 aliphatic heterocycles. The first kappa shape index (κ1) is 16.1. The standard InChI is InChI=1S/C19H26N2O2S/c1-20-17(22)16-4-3-15(24-16)11-21(2)18(23)19-8-12-5-13(9-19)7-14(6-12)10-19/h3-4,12-14H,5-11H2,1-2H3,(H,20,22). The molecular formula is C19H26N2O2S. The molecule has 0 atom stereocenters.